The van der Waals surface area contributed by atoms with E-state index in [1.165, 1.54) is 15.3 Å². The molecule has 0 amide bonds. The molecule has 1 N–H and O–H groups in total. The number of rotatable bonds is 3. The van der Waals surface area contributed by atoms with Gasteiger partial charge in [0.1, 0.15) is 5.84 Å². The molecule has 1 aromatic carbocycles. The van der Waals surface area contributed by atoms with E-state index >= 15 is 0 Å². The molecule has 1 unspecified atom stereocenters. The molecule has 2 heterocycles. The Kier molecular flexibility index (Phi) is 3.15. The van der Waals surface area contributed by atoms with E-state index in [1.54, 1.807) is 0 Å². The molecule has 0 radical (unpaired) electrons. The summed E-state index contributed by atoms with van der Waals surface area (Å²) in [4.78, 5) is 4.98. The molecule has 19 heavy (non-hydrogen) atoms. The van der Waals surface area contributed by atoms with Gasteiger partial charge in [-0.15, -0.1) is 11.3 Å². The second kappa shape index (κ2) is 4.82. The van der Waals surface area contributed by atoms with Crippen LogP contribution < -0.4 is 0 Å². The van der Waals surface area contributed by atoms with Gasteiger partial charge in [0.25, 0.3) is 0 Å². The summed E-state index contributed by atoms with van der Waals surface area (Å²) in [5, 5.41) is 8.32. The molecule has 1 aliphatic rings. The van der Waals surface area contributed by atoms with Crippen molar-refractivity contribution in [3.8, 4) is 0 Å². The largest absolute Gasteiger partial charge is 0.349 e. The van der Waals surface area contributed by atoms with Crippen LogP contribution in [0.15, 0.2) is 36.4 Å². The zero-order chi connectivity index (χ0) is 13.4. The number of nitrogens with one attached hydrogen (secondary N) is 1. The maximum absolute atomic E-state index is 8.32. The Morgan fingerprint density at radius 2 is 2.05 bits per heavy atom. The second-order valence-corrected chi connectivity index (χ2v) is 6.57. The first-order valence-corrected chi connectivity index (χ1v) is 7.45. The van der Waals surface area contributed by atoms with Gasteiger partial charge in [0.2, 0.25) is 0 Å². The van der Waals surface area contributed by atoms with Crippen LogP contribution in [0.25, 0.3) is 0 Å². The first-order valence-electron chi connectivity index (χ1n) is 6.64. The number of benzene rings is 1. The monoisotopic (exact) mass is 270 g/mol. The Hall–Kier alpha value is -1.61. The van der Waals surface area contributed by atoms with Crippen molar-refractivity contribution in [3.05, 3.63) is 57.3 Å². The van der Waals surface area contributed by atoms with Crippen molar-refractivity contribution < 1.29 is 0 Å². The van der Waals surface area contributed by atoms with Gasteiger partial charge in [0.05, 0.1) is 0 Å². The highest BCUT2D eigenvalue weighted by Crippen LogP contribution is 2.26. The lowest BCUT2D eigenvalue weighted by Crippen LogP contribution is -2.34. The van der Waals surface area contributed by atoms with E-state index < -0.39 is 0 Å². The Morgan fingerprint density at radius 3 is 2.74 bits per heavy atom. The minimum absolute atomic E-state index is 0.373. The van der Waals surface area contributed by atoms with Crippen molar-refractivity contribution in [1.82, 2.24) is 4.90 Å². The third kappa shape index (κ3) is 2.30. The van der Waals surface area contributed by atoms with Gasteiger partial charge in [-0.3, -0.25) is 5.41 Å². The van der Waals surface area contributed by atoms with Gasteiger partial charge in [-0.1, -0.05) is 24.3 Å². The van der Waals surface area contributed by atoms with Crippen LogP contribution in [0.4, 0.5) is 0 Å². The molecule has 0 spiro atoms. The standard InChI is InChI=1S/C16H18N2S/c1-11(9-14-8-7-12(2)19-14)18-10-13-5-3-4-6-15(13)16(18)17/h3-8,11,17H,9-10H2,1-2H3. The summed E-state index contributed by atoms with van der Waals surface area (Å²) in [5.74, 6) is 0.677. The average molecular weight is 270 g/mol. The fraction of sp³-hybridized carbons (Fsp3) is 0.312. The van der Waals surface area contributed by atoms with Gasteiger partial charge < -0.3 is 4.90 Å². The van der Waals surface area contributed by atoms with Crippen molar-refractivity contribution in [2.24, 2.45) is 0 Å². The number of aryl methyl sites for hydroxylation is 1. The fourth-order valence-electron chi connectivity index (χ4n) is 2.68. The van der Waals surface area contributed by atoms with Crippen LogP contribution in [0.2, 0.25) is 0 Å². The topological polar surface area (TPSA) is 27.1 Å². The molecule has 2 nitrogen and oxygen atoms in total. The second-order valence-electron chi connectivity index (χ2n) is 5.20. The van der Waals surface area contributed by atoms with Crippen molar-refractivity contribution in [1.29, 1.82) is 5.41 Å². The van der Waals surface area contributed by atoms with Gasteiger partial charge in [0.15, 0.2) is 0 Å². The van der Waals surface area contributed by atoms with E-state index in [4.69, 9.17) is 5.41 Å². The summed E-state index contributed by atoms with van der Waals surface area (Å²) in [5.41, 5.74) is 2.37. The summed E-state index contributed by atoms with van der Waals surface area (Å²) < 4.78 is 0. The zero-order valence-corrected chi connectivity index (χ0v) is 12.1. The van der Waals surface area contributed by atoms with Crippen molar-refractivity contribution in [2.45, 2.75) is 32.9 Å². The highest BCUT2D eigenvalue weighted by molar-refractivity contribution is 7.11. The molecule has 1 aromatic heterocycles. The molecular weight excluding hydrogens is 252 g/mol. The number of nitrogens with zero attached hydrogens (tertiary/aromatic N) is 1. The first kappa shape index (κ1) is 12.4. The van der Waals surface area contributed by atoms with E-state index in [2.05, 4.69) is 49.1 Å². The van der Waals surface area contributed by atoms with Gasteiger partial charge in [-0.2, -0.15) is 0 Å². The lowest BCUT2D eigenvalue weighted by Gasteiger charge is -2.25. The summed E-state index contributed by atoms with van der Waals surface area (Å²) in [7, 11) is 0. The molecule has 0 aliphatic carbocycles. The van der Waals surface area contributed by atoms with E-state index in [1.807, 2.05) is 17.4 Å². The lowest BCUT2D eigenvalue weighted by molar-refractivity contribution is 0.333. The van der Waals surface area contributed by atoms with Crippen LogP contribution in [0.1, 0.15) is 27.8 Å². The average Bonchev–Trinajstić information content (AvgIpc) is 2.94. The molecule has 3 heteroatoms. The molecule has 0 fully saturated rings. The molecule has 0 saturated heterocycles. The van der Waals surface area contributed by atoms with Crippen LogP contribution >= 0.6 is 11.3 Å². The van der Waals surface area contributed by atoms with E-state index in [9.17, 15) is 0 Å². The number of hydrogen-bond donors (Lipinski definition) is 1. The van der Waals surface area contributed by atoms with Crippen molar-refractivity contribution in [2.75, 3.05) is 0 Å². The Morgan fingerprint density at radius 1 is 1.26 bits per heavy atom. The summed E-state index contributed by atoms with van der Waals surface area (Å²) >= 11 is 1.86. The molecule has 0 bridgehead atoms. The Labute approximate surface area is 118 Å². The van der Waals surface area contributed by atoms with Gasteiger partial charge in [-0.05, 0) is 31.5 Å². The lowest BCUT2D eigenvalue weighted by atomic mass is 10.1. The smallest absolute Gasteiger partial charge is 0.128 e. The highest BCUT2D eigenvalue weighted by atomic mass is 32.1. The number of hydrogen-bond acceptors (Lipinski definition) is 2. The van der Waals surface area contributed by atoms with Gasteiger partial charge in [0, 0.05) is 34.3 Å². The Balaban J connectivity index is 1.76. The van der Waals surface area contributed by atoms with Crippen LogP contribution in [0, 0.1) is 12.3 Å². The summed E-state index contributed by atoms with van der Waals surface area (Å²) in [6.45, 7) is 5.24. The molecule has 0 saturated carbocycles. The molecule has 1 atom stereocenters. The number of fused-ring (bicyclic) bond motifs is 1. The molecule has 1 aliphatic heterocycles. The van der Waals surface area contributed by atoms with Crippen LogP contribution in [-0.4, -0.2) is 16.8 Å². The van der Waals surface area contributed by atoms with Crippen LogP contribution in [0.3, 0.4) is 0 Å². The first-order chi connectivity index (χ1) is 9.15. The normalized spacial score (nSPS) is 15.7. The van der Waals surface area contributed by atoms with E-state index in [0.29, 0.717) is 11.9 Å². The SMILES string of the molecule is Cc1ccc(CC(C)N2Cc3ccccc3C2=N)s1. The third-order valence-corrected chi connectivity index (χ3v) is 4.75. The fourth-order valence-corrected chi connectivity index (χ4v) is 3.69. The summed E-state index contributed by atoms with van der Waals surface area (Å²) in [6, 6.07) is 13.0. The minimum atomic E-state index is 0.373. The quantitative estimate of drug-likeness (QED) is 0.901. The maximum atomic E-state index is 8.32. The minimum Gasteiger partial charge on any atom is -0.349 e. The van der Waals surface area contributed by atoms with Crippen molar-refractivity contribution >= 4 is 17.2 Å². The third-order valence-electron chi connectivity index (χ3n) is 3.73. The highest BCUT2D eigenvalue weighted by Gasteiger charge is 2.27. The molecule has 2 aromatic rings. The zero-order valence-electron chi connectivity index (χ0n) is 11.3. The maximum Gasteiger partial charge on any atom is 0.128 e. The number of thiophene rings is 1. The number of amidine groups is 1. The molecule has 3 rings (SSSR count). The van der Waals surface area contributed by atoms with E-state index in [-0.39, 0.29) is 0 Å². The predicted octanol–water partition coefficient (Wildman–Crippen LogP) is 3.83. The van der Waals surface area contributed by atoms with Crippen molar-refractivity contribution in [3.63, 3.8) is 0 Å². The van der Waals surface area contributed by atoms with Gasteiger partial charge >= 0.3 is 0 Å². The molecule has 98 valence electrons. The predicted molar refractivity (Wildman–Crippen MR) is 81.0 cm³/mol. The van der Waals surface area contributed by atoms with E-state index in [0.717, 1.165) is 18.5 Å². The molecular formula is C16H18N2S. The Bertz CT molecular complexity index is 615. The van der Waals surface area contributed by atoms with Crippen LogP contribution in [0.5, 0.6) is 0 Å². The van der Waals surface area contributed by atoms with Crippen LogP contribution in [-0.2, 0) is 13.0 Å². The summed E-state index contributed by atoms with van der Waals surface area (Å²) in [6.07, 6.45) is 1.02. The van der Waals surface area contributed by atoms with Gasteiger partial charge in [-0.25, -0.2) is 0 Å².